The van der Waals surface area contributed by atoms with Crippen molar-refractivity contribution in [3.8, 4) is 0 Å². The molecule has 1 heterocycles. The van der Waals surface area contributed by atoms with Gasteiger partial charge in [0.05, 0.1) is 0 Å². The van der Waals surface area contributed by atoms with Crippen LogP contribution in [0.4, 0.5) is 16.2 Å². The molecule has 1 aliphatic rings. The first-order chi connectivity index (χ1) is 18.0. The maximum absolute atomic E-state index is 14.0. The van der Waals surface area contributed by atoms with Crippen molar-refractivity contribution >= 4 is 40.8 Å². The van der Waals surface area contributed by atoms with Crippen LogP contribution < -0.4 is 20.9 Å². The Labute approximate surface area is 228 Å². The van der Waals surface area contributed by atoms with E-state index in [0.29, 0.717) is 22.8 Å². The van der Waals surface area contributed by atoms with Gasteiger partial charge in [0.1, 0.15) is 12.6 Å². The molecule has 38 heavy (non-hydrogen) atoms. The molecule has 3 N–H and O–H groups in total. The molecular formula is C30H33ClN4O3. The molecule has 7 nitrogen and oxygen atoms in total. The average molecular weight is 533 g/mol. The van der Waals surface area contributed by atoms with Gasteiger partial charge in [0.2, 0.25) is 11.8 Å². The average Bonchev–Trinajstić information content (AvgIpc) is 2.94. The number of amides is 4. The fourth-order valence-electron chi connectivity index (χ4n) is 4.73. The lowest BCUT2D eigenvalue weighted by molar-refractivity contribution is -0.125. The summed E-state index contributed by atoms with van der Waals surface area (Å²) in [5, 5.41) is 9.05. The van der Waals surface area contributed by atoms with Gasteiger partial charge in [0, 0.05) is 27.9 Å². The Morgan fingerprint density at radius 3 is 2.42 bits per heavy atom. The van der Waals surface area contributed by atoms with Gasteiger partial charge in [-0.05, 0) is 75.1 Å². The fraction of sp³-hybridized carbons (Fsp3) is 0.300. The second kappa shape index (κ2) is 11.3. The summed E-state index contributed by atoms with van der Waals surface area (Å²) in [4.78, 5) is 41.6. The predicted octanol–water partition coefficient (Wildman–Crippen LogP) is 5.62. The number of urea groups is 1. The van der Waals surface area contributed by atoms with Crippen LogP contribution in [0.3, 0.4) is 0 Å². The Bertz CT molecular complexity index is 1340. The van der Waals surface area contributed by atoms with Gasteiger partial charge in [0.15, 0.2) is 0 Å². The topological polar surface area (TPSA) is 90.5 Å². The van der Waals surface area contributed by atoms with E-state index in [9.17, 15) is 14.4 Å². The van der Waals surface area contributed by atoms with Crippen molar-refractivity contribution in [3.63, 3.8) is 0 Å². The summed E-state index contributed by atoms with van der Waals surface area (Å²) in [6.07, 6.45) is 0.333. The maximum atomic E-state index is 14.0. The summed E-state index contributed by atoms with van der Waals surface area (Å²) in [5.74, 6) is -0.804. The van der Waals surface area contributed by atoms with Crippen LogP contribution in [0.1, 0.15) is 49.8 Å². The summed E-state index contributed by atoms with van der Waals surface area (Å²) >= 11 is 6.06. The monoisotopic (exact) mass is 532 g/mol. The first-order valence-electron chi connectivity index (χ1n) is 12.6. The predicted molar refractivity (Wildman–Crippen MR) is 152 cm³/mol. The standard InChI is InChI=1S/C30H33ClN4O3/c1-19-13-14-23-24(20-9-6-5-7-10-20)17-25(33-29(38)32-22-12-8-11-21(31)16-22)28(37)35(26(23)15-19)18-27(36)34-30(2,3)4/h5-16,24-25H,17-18H2,1-4H3,(H,34,36)(H2,32,33,38). The second-order valence-corrected chi connectivity index (χ2v) is 11.1. The number of rotatable bonds is 5. The van der Waals surface area contributed by atoms with Crippen LogP contribution in [-0.2, 0) is 9.59 Å². The molecule has 0 saturated heterocycles. The van der Waals surface area contributed by atoms with E-state index in [1.807, 2.05) is 76.2 Å². The molecule has 3 aromatic rings. The quantitative estimate of drug-likeness (QED) is 0.398. The van der Waals surface area contributed by atoms with Gasteiger partial charge in [-0.1, -0.05) is 60.1 Å². The van der Waals surface area contributed by atoms with Crippen molar-refractivity contribution in [2.45, 2.75) is 51.6 Å². The summed E-state index contributed by atoms with van der Waals surface area (Å²) < 4.78 is 0. The van der Waals surface area contributed by atoms with Gasteiger partial charge in [-0.15, -0.1) is 0 Å². The van der Waals surface area contributed by atoms with Gasteiger partial charge in [-0.25, -0.2) is 4.79 Å². The molecular weight excluding hydrogens is 500 g/mol. The third-order valence-electron chi connectivity index (χ3n) is 6.29. The molecule has 3 aromatic carbocycles. The third kappa shape index (κ3) is 6.72. The Morgan fingerprint density at radius 2 is 1.74 bits per heavy atom. The number of nitrogens with zero attached hydrogens (tertiary/aromatic N) is 1. The Hall–Kier alpha value is -3.84. The van der Waals surface area contributed by atoms with Gasteiger partial charge in [-0.2, -0.15) is 0 Å². The minimum absolute atomic E-state index is 0.165. The molecule has 198 valence electrons. The second-order valence-electron chi connectivity index (χ2n) is 10.6. The molecule has 0 aliphatic carbocycles. The highest BCUT2D eigenvalue weighted by atomic mass is 35.5. The van der Waals surface area contributed by atoms with E-state index in [-0.39, 0.29) is 24.3 Å². The van der Waals surface area contributed by atoms with Crippen LogP contribution in [0.2, 0.25) is 5.02 Å². The highest BCUT2D eigenvalue weighted by molar-refractivity contribution is 6.30. The van der Waals surface area contributed by atoms with Crippen molar-refractivity contribution in [2.24, 2.45) is 0 Å². The van der Waals surface area contributed by atoms with E-state index in [1.165, 1.54) is 4.90 Å². The van der Waals surface area contributed by atoms with Gasteiger partial charge < -0.3 is 20.9 Å². The number of halogens is 1. The molecule has 8 heteroatoms. The number of carbonyl (C=O) groups is 3. The Kier molecular flexibility index (Phi) is 8.07. The number of anilines is 2. The normalized spacial score (nSPS) is 17.3. The van der Waals surface area contributed by atoms with Crippen LogP contribution in [0.15, 0.2) is 72.8 Å². The fourth-order valence-corrected chi connectivity index (χ4v) is 4.92. The van der Waals surface area contributed by atoms with E-state index in [4.69, 9.17) is 11.6 Å². The number of hydrogen-bond acceptors (Lipinski definition) is 3. The number of fused-ring (bicyclic) bond motifs is 1. The van der Waals surface area contributed by atoms with E-state index < -0.39 is 17.6 Å². The largest absolute Gasteiger partial charge is 0.350 e. The zero-order valence-electron chi connectivity index (χ0n) is 22.0. The van der Waals surface area contributed by atoms with Crippen LogP contribution in [0, 0.1) is 6.92 Å². The maximum Gasteiger partial charge on any atom is 0.319 e. The molecule has 0 saturated carbocycles. The number of carbonyl (C=O) groups excluding carboxylic acids is 3. The number of nitrogens with one attached hydrogen (secondary N) is 3. The van der Waals surface area contributed by atoms with Crippen molar-refractivity contribution in [3.05, 3.63) is 94.5 Å². The van der Waals surface area contributed by atoms with Gasteiger partial charge >= 0.3 is 6.03 Å². The van der Waals surface area contributed by atoms with Crippen LogP contribution >= 0.6 is 11.6 Å². The molecule has 2 atom stereocenters. The van der Waals surface area contributed by atoms with Crippen molar-refractivity contribution in [1.82, 2.24) is 10.6 Å². The zero-order valence-corrected chi connectivity index (χ0v) is 22.8. The lowest BCUT2D eigenvalue weighted by atomic mass is 9.85. The molecule has 4 amide bonds. The Balaban J connectivity index is 1.72. The molecule has 0 bridgehead atoms. The SMILES string of the molecule is Cc1ccc2c(c1)N(CC(=O)NC(C)(C)C)C(=O)C(NC(=O)Nc1cccc(Cl)c1)CC2c1ccccc1. The lowest BCUT2D eigenvalue weighted by Gasteiger charge is -2.28. The zero-order chi connectivity index (χ0) is 27.4. The summed E-state index contributed by atoms with van der Waals surface area (Å²) in [5.41, 5.74) is 3.65. The molecule has 0 aromatic heterocycles. The smallest absolute Gasteiger partial charge is 0.319 e. The Morgan fingerprint density at radius 1 is 1.00 bits per heavy atom. The number of aryl methyl sites for hydroxylation is 1. The third-order valence-corrected chi connectivity index (χ3v) is 6.53. The van der Waals surface area contributed by atoms with Gasteiger partial charge in [0.25, 0.3) is 0 Å². The molecule has 1 aliphatic heterocycles. The summed E-state index contributed by atoms with van der Waals surface area (Å²) in [7, 11) is 0. The highest BCUT2D eigenvalue weighted by Crippen LogP contribution is 2.39. The van der Waals surface area contributed by atoms with E-state index in [2.05, 4.69) is 16.0 Å². The first-order valence-corrected chi connectivity index (χ1v) is 13.0. The molecule has 2 unspecified atom stereocenters. The molecule has 0 fully saturated rings. The van der Waals surface area contributed by atoms with Crippen LogP contribution in [0.5, 0.6) is 0 Å². The molecule has 0 radical (unpaired) electrons. The van der Waals surface area contributed by atoms with Crippen LogP contribution in [-0.4, -0.2) is 36.0 Å². The van der Waals surface area contributed by atoms with Crippen molar-refractivity contribution in [2.75, 3.05) is 16.8 Å². The first kappa shape index (κ1) is 27.2. The summed E-state index contributed by atoms with van der Waals surface area (Å²) in [6, 6.07) is 21.2. The van der Waals surface area contributed by atoms with Crippen molar-refractivity contribution < 1.29 is 14.4 Å². The van der Waals surface area contributed by atoms with E-state index >= 15 is 0 Å². The summed E-state index contributed by atoms with van der Waals surface area (Å²) in [6.45, 7) is 7.46. The minimum atomic E-state index is -0.880. The van der Waals surface area contributed by atoms with E-state index in [0.717, 1.165) is 16.7 Å². The van der Waals surface area contributed by atoms with Crippen LogP contribution in [0.25, 0.3) is 0 Å². The van der Waals surface area contributed by atoms with E-state index in [1.54, 1.807) is 24.3 Å². The van der Waals surface area contributed by atoms with Gasteiger partial charge in [-0.3, -0.25) is 9.59 Å². The molecule has 0 spiro atoms. The number of benzene rings is 3. The molecule has 4 rings (SSSR count). The van der Waals surface area contributed by atoms with Crippen molar-refractivity contribution in [1.29, 1.82) is 0 Å². The highest BCUT2D eigenvalue weighted by Gasteiger charge is 2.37. The lowest BCUT2D eigenvalue weighted by Crippen LogP contribution is -2.53. The minimum Gasteiger partial charge on any atom is -0.350 e. The number of hydrogen-bond donors (Lipinski definition) is 3.